The molecule has 0 bridgehead atoms. The van der Waals surface area contributed by atoms with Crippen molar-refractivity contribution in [3.8, 4) is 44.5 Å². The van der Waals surface area contributed by atoms with Crippen LogP contribution in [0, 0.1) is 0 Å². The van der Waals surface area contributed by atoms with Gasteiger partial charge in [-0.1, -0.05) is 176 Å². The molecule has 49 heavy (non-hydrogen) atoms. The molecule has 228 valence electrons. The van der Waals surface area contributed by atoms with E-state index in [1.165, 1.54) is 71.3 Å². The number of hydrogen-bond donors (Lipinski definition) is 0. The van der Waals surface area contributed by atoms with E-state index in [2.05, 4.69) is 182 Å². The summed E-state index contributed by atoms with van der Waals surface area (Å²) in [6.07, 6.45) is 0. The molecule has 0 radical (unpaired) electrons. The van der Waals surface area contributed by atoms with Crippen LogP contribution in [0.3, 0.4) is 0 Å². The number of fused-ring (bicyclic) bond motifs is 6. The molecule has 0 N–H and O–H groups in total. The normalized spacial score (nSPS) is 11.7. The Morgan fingerprint density at radius 3 is 1.49 bits per heavy atom. The number of para-hydroxylation sites is 1. The molecule has 0 aliphatic rings. The lowest BCUT2D eigenvalue weighted by molar-refractivity contribution is 0.670. The second-order valence-corrected chi connectivity index (χ2v) is 12.7. The Morgan fingerprint density at radius 2 is 0.755 bits per heavy atom. The minimum absolute atomic E-state index is 0.895. The first kappa shape index (κ1) is 27.7. The van der Waals surface area contributed by atoms with Gasteiger partial charge in [-0.05, 0) is 77.3 Å². The fourth-order valence-corrected chi connectivity index (χ4v) is 8.01. The SMILES string of the molecule is c1ccc(-c2ccccc2-c2c3ccccc3c(-c3cccc4oc5c(-c6cccc7ccccc67)cccc5c34)c3ccccc23)cc1. The summed E-state index contributed by atoms with van der Waals surface area (Å²) in [6, 6.07) is 65.6. The molecule has 0 fully saturated rings. The fraction of sp³-hybridized carbons (Fsp3) is 0. The van der Waals surface area contributed by atoms with E-state index >= 15 is 0 Å². The zero-order chi connectivity index (χ0) is 32.3. The van der Waals surface area contributed by atoms with Crippen LogP contribution in [0.5, 0.6) is 0 Å². The highest BCUT2D eigenvalue weighted by Crippen LogP contribution is 2.49. The second-order valence-electron chi connectivity index (χ2n) is 12.7. The van der Waals surface area contributed by atoms with Crippen LogP contribution in [0.15, 0.2) is 186 Å². The molecule has 1 aromatic heterocycles. The summed E-state index contributed by atoms with van der Waals surface area (Å²) in [6.45, 7) is 0. The van der Waals surface area contributed by atoms with Gasteiger partial charge in [-0.25, -0.2) is 0 Å². The molecule has 1 heterocycles. The first-order chi connectivity index (χ1) is 24.3. The second kappa shape index (κ2) is 11.1. The van der Waals surface area contributed by atoms with Crippen LogP contribution >= 0.6 is 0 Å². The largest absolute Gasteiger partial charge is 0.455 e. The molecule has 0 aliphatic carbocycles. The maximum absolute atomic E-state index is 6.83. The summed E-state index contributed by atoms with van der Waals surface area (Å²) >= 11 is 0. The summed E-state index contributed by atoms with van der Waals surface area (Å²) < 4.78 is 6.83. The third kappa shape index (κ3) is 4.26. The third-order valence-electron chi connectivity index (χ3n) is 10.1. The van der Waals surface area contributed by atoms with Crippen LogP contribution in [-0.2, 0) is 0 Å². The van der Waals surface area contributed by atoms with Gasteiger partial charge in [-0.3, -0.25) is 0 Å². The minimum atomic E-state index is 0.895. The van der Waals surface area contributed by atoms with Gasteiger partial charge in [0.2, 0.25) is 0 Å². The Labute approximate surface area is 284 Å². The van der Waals surface area contributed by atoms with E-state index in [1.807, 2.05) is 0 Å². The van der Waals surface area contributed by atoms with Gasteiger partial charge in [-0.2, -0.15) is 0 Å². The highest BCUT2D eigenvalue weighted by molar-refractivity contribution is 6.27. The molecule has 1 nitrogen and oxygen atoms in total. The van der Waals surface area contributed by atoms with Crippen LogP contribution in [0.25, 0.3) is 98.8 Å². The average Bonchev–Trinajstić information content (AvgIpc) is 3.57. The van der Waals surface area contributed by atoms with Gasteiger partial charge in [0.25, 0.3) is 0 Å². The van der Waals surface area contributed by atoms with E-state index in [9.17, 15) is 0 Å². The zero-order valence-corrected chi connectivity index (χ0v) is 26.7. The van der Waals surface area contributed by atoms with Crippen molar-refractivity contribution in [2.75, 3.05) is 0 Å². The summed E-state index contributed by atoms with van der Waals surface area (Å²) in [5.74, 6) is 0. The first-order valence-corrected chi connectivity index (χ1v) is 16.9. The molecule has 0 saturated carbocycles. The molecule has 0 aliphatic heterocycles. The number of rotatable bonds is 4. The number of benzene rings is 9. The van der Waals surface area contributed by atoms with E-state index < -0.39 is 0 Å². The summed E-state index contributed by atoms with van der Waals surface area (Å²) in [5, 5.41) is 9.65. The lowest BCUT2D eigenvalue weighted by Gasteiger charge is -2.20. The van der Waals surface area contributed by atoms with E-state index in [0.717, 1.165) is 27.5 Å². The Kier molecular flexibility index (Phi) is 6.25. The average molecular weight is 623 g/mol. The molecular formula is C48H30O. The topological polar surface area (TPSA) is 13.1 Å². The van der Waals surface area contributed by atoms with Crippen molar-refractivity contribution in [1.29, 1.82) is 0 Å². The maximum atomic E-state index is 6.83. The fourth-order valence-electron chi connectivity index (χ4n) is 8.01. The Hall–Kier alpha value is -6.44. The standard InChI is InChI=1S/C48H30O/c1-2-15-31(16-3-1)34-20-6-7-21-36(34)45-37-22-8-10-24-39(37)46(40-25-11-9-23-38(40)45)42-28-14-30-44-47(42)43-29-13-27-41(48(43)49-44)35-26-12-18-32-17-4-5-19-33(32)35/h1-30H. The van der Waals surface area contributed by atoms with Crippen molar-refractivity contribution in [1.82, 2.24) is 0 Å². The zero-order valence-electron chi connectivity index (χ0n) is 26.7. The highest BCUT2D eigenvalue weighted by Gasteiger charge is 2.22. The van der Waals surface area contributed by atoms with Gasteiger partial charge in [-0.15, -0.1) is 0 Å². The number of hydrogen-bond acceptors (Lipinski definition) is 1. The van der Waals surface area contributed by atoms with Gasteiger partial charge < -0.3 is 4.42 Å². The van der Waals surface area contributed by atoms with Gasteiger partial charge in [0, 0.05) is 16.3 Å². The van der Waals surface area contributed by atoms with Gasteiger partial charge in [0.15, 0.2) is 0 Å². The van der Waals surface area contributed by atoms with Gasteiger partial charge >= 0.3 is 0 Å². The molecule has 9 aromatic carbocycles. The smallest absolute Gasteiger partial charge is 0.143 e. The molecule has 0 unspecified atom stereocenters. The summed E-state index contributed by atoms with van der Waals surface area (Å²) in [5.41, 5.74) is 11.5. The lowest BCUT2D eigenvalue weighted by atomic mass is 9.83. The van der Waals surface area contributed by atoms with Crippen LogP contribution in [0.1, 0.15) is 0 Å². The van der Waals surface area contributed by atoms with Crippen molar-refractivity contribution < 1.29 is 4.42 Å². The quantitative estimate of drug-likeness (QED) is 0.178. The molecular weight excluding hydrogens is 593 g/mol. The van der Waals surface area contributed by atoms with Crippen LogP contribution < -0.4 is 0 Å². The Bertz CT molecular complexity index is 2810. The van der Waals surface area contributed by atoms with Crippen molar-refractivity contribution in [3.05, 3.63) is 182 Å². The third-order valence-corrected chi connectivity index (χ3v) is 10.1. The molecule has 0 amide bonds. The van der Waals surface area contributed by atoms with E-state index in [4.69, 9.17) is 4.42 Å². The van der Waals surface area contributed by atoms with Crippen molar-refractivity contribution in [3.63, 3.8) is 0 Å². The van der Waals surface area contributed by atoms with Gasteiger partial charge in [0.1, 0.15) is 11.2 Å². The summed E-state index contributed by atoms with van der Waals surface area (Å²) in [7, 11) is 0. The number of furan rings is 1. The first-order valence-electron chi connectivity index (χ1n) is 16.9. The van der Waals surface area contributed by atoms with Crippen molar-refractivity contribution in [2.45, 2.75) is 0 Å². The molecule has 0 atom stereocenters. The Morgan fingerprint density at radius 1 is 0.286 bits per heavy atom. The van der Waals surface area contributed by atoms with E-state index in [0.29, 0.717) is 0 Å². The van der Waals surface area contributed by atoms with Crippen LogP contribution in [0.4, 0.5) is 0 Å². The minimum Gasteiger partial charge on any atom is -0.455 e. The van der Waals surface area contributed by atoms with Crippen molar-refractivity contribution in [2.24, 2.45) is 0 Å². The van der Waals surface area contributed by atoms with Crippen LogP contribution in [0.2, 0.25) is 0 Å². The predicted octanol–water partition coefficient (Wildman–Crippen LogP) is 13.7. The van der Waals surface area contributed by atoms with Crippen molar-refractivity contribution >= 4 is 54.3 Å². The highest BCUT2D eigenvalue weighted by atomic mass is 16.3. The van der Waals surface area contributed by atoms with E-state index in [-0.39, 0.29) is 0 Å². The monoisotopic (exact) mass is 622 g/mol. The van der Waals surface area contributed by atoms with Gasteiger partial charge in [0.05, 0.1) is 0 Å². The molecule has 10 rings (SSSR count). The Balaban J connectivity index is 1.30. The molecule has 10 aromatic rings. The molecule has 0 saturated heterocycles. The lowest BCUT2D eigenvalue weighted by Crippen LogP contribution is -1.93. The summed E-state index contributed by atoms with van der Waals surface area (Å²) in [4.78, 5) is 0. The van der Waals surface area contributed by atoms with Crippen LogP contribution in [-0.4, -0.2) is 0 Å². The maximum Gasteiger partial charge on any atom is 0.143 e. The molecule has 1 heteroatoms. The molecule has 0 spiro atoms. The van der Waals surface area contributed by atoms with E-state index in [1.54, 1.807) is 0 Å². The predicted molar refractivity (Wildman–Crippen MR) is 208 cm³/mol.